The Balaban J connectivity index is 0.00000900. The first-order chi connectivity index (χ1) is 14.2. The van der Waals surface area contributed by atoms with E-state index in [0.717, 1.165) is 37.7 Å². The van der Waals surface area contributed by atoms with E-state index in [-0.39, 0.29) is 42.0 Å². The molecule has 2 N–H and O–H groups in total. The van der Waals surface area contributed by atoms with Crippen LogP contribution in [-0.4, -0.2) is 63.8 Å². The summed E-state index contributed by atoms with van der Waals surface area (Å²) in [6.45, 7) is 15.0. The van der Waals surface area contributed by atoms with E-state index >= 15 is 0 Å². The van der Waals surface area contributed by atoms with Crippen LogP contribution in [0.15, 0.2) is 11.3 Å². The number of nitrogens with one attached hydrogen (secondary N) is 2. The molecule has 1 rings (SSSR count). The van der Waals surface area contributed by atoms with Gasteiger partial charge < -0.3 is 20.1 Å². The molecule has 1 aromatic heterocycles. The fourth-order valence-electron chi connectivity index (χ4n) is 3.22. The number of halogens is 1. The number of hydrogen-bond acceptors (Lipinski definition) is 4. The third kappa shape index (κ3) is 12.3. The molecule has 0 aliphatic rings. The number of aryl methyl sites for hydroxylation is 1. The van der Waals surface area contributed by atoms with E-state index in [1.54, 1.807) is 6.33 Å². The van der Waals surface area contributed by atoms with Gasteiger partial charge in [0, 0.05) is 38.6 Å². The van der Waals surface area contributed by atoms with Crippen LogP contribution < -0.4 is 10.6 Å². The van der Waals surface area contributed by atoms with Crippen LogP contribution >= 0.6 is 24.0 Å². The largest absolute Gasteiger partial charge is 0.354 e. The van der Waals surface area contributed by atoms with Crippen LogP contribution in [0.1, 0.15) is 73.1 Å². The molecule has 31 heavy (non-hydrogen) atoms. The minimum atomic E-state index is -0.249. The molecule has 1 amide bonds. The monoisotopic (exact) mass is 549 g/mol. The van der Waals surface area contributed by atoms with Gasteiger partial charge in [0.05, 0.1) is 6.54 Å². The molecule has 1 unspecified atom stereocenters. The van der Waals surface area contributed by atoms with Gasteiger partial charge >= 0.3 is 0 Å². The Kier molecular flexibility index (Phi) is 14.7. The minimum Gasteiger partial charge on any atom is -0.354 e. The Morgan fingerprint density at radius 1 is 1.29 bits per heavy atom. The summed E-state index contributed by atoms with van der Waals surface area (Å²) in [5.74, 6) is 2.30. The van der Waals surface area contributed by atoms with Crippen LogP contribution in [0, 0.1) is 5.92 Å². The maximum absolute atomic E-state index is 12.4. The molecule has 0 spiro atoms. The van der Waals surface area contributed by atoms with Crippen molar-refractivity contribution in [3.63, 3.8) is 0 Å². The molecule has 0 radical (unpaired) electrons. The molecule has 0 saturated carbocycles. The smallest absolute Gasteiger partial charge is 0.240 e. The predicted molar refractivity (Wildman–Crippen MR) is 139 cm³/mol. The van der Waals surface area contributed by atoms with E-state index in [1.807, 2.05) is 37.3 Å². The number of carbonyl (C=O) groups excluding carboxylic acids is 1. The number of amides is 1. The maximum atomic E-state index is 12.4. The van der Waals surface area contributed by atoms with Crippen molar-refractivity contribution < 1.29 is 4.79 Å². The molecule has 0 fully saturated rings. The predicted octanol–water partition coefficient (Wildman–Crippen LogP) is 3.47. The first-order valence-corrected chi connectivity index (χ1v) is 11.4. The zero-order valence-electron chi connectivity index (χ0n) is 20.6. The molecule has 0 aromatic carbocycles. The van der Waals surface area contributed by atoms with Crippen molar-refractivity contribution in [3.05, 3.63) is 12.2 Å². The van der Waals surface area contributed by atoms with E-state index in [0.29, 0.717) is 12.5 Å². The topological polar surface area (TPSA) is 87.4 Å². The Bertz CT molecular complexity index is 655. The Morgan fingerprint density at radius 2 is 2.00 bits per heavy atom. The van der Waals surface area contributed by atoms with E-state index < -0.39 is 0 Å². The minimum absolute atomic E-state index is 0. The first kappa shape index (κ1) is 29.6. The molecule has 9 heteroatoms. The maximum Gasteiger partial charge on any atom is 0.240 e. The lowest BCUT2D eigenvalue weighted by atomic mass is 10.00. The van der Waals surface area contributed by atoms with E-state index in [9.17, 15) is 4.79 Å². The Hall–Kier alpha value is -1.39. The van der Waals surface area contributed by atoms with Gasteiger partial charge in [-0.05, 0) is 33.1 Å². The fraction of sp³-hybridized carbons (Fsp3) is 0.818. The van der Waals surface area contributed by atoms with Gasteiger partial charge in [-0.25, -0.2) is 0 Å². The standard InChI is InChI=1S/C22H43N7O.HI/c1-8-11-12-18(9-2)15-24-21(28(7)16-20(30)26-22(4,5)6)23-13-14-29-17-25-27-19(29)10-3;/h17-18H,8-16H2,1-7H3,(H,23,24)(H,26,30);1H. The lowest BCUT2D eigenvalue weighted by molar-refractivity contribution is -0.122. The summed E-state index contributed by atoms with van der Waals surface area (Å²) in [5.41, 5.74) is -0.249. The number of hydrogen-bond donors (Lipinski definition) is 2. The molecule has 0 aliphatic carbocycles. The van der Waals surface area contributed by atoms with Gasteiger partial charge in [0.1, 0.15) is 12.2 Å². The van der Waals surface area contributed by atoms with Crippen molar-refractivity contribution in [2.45, 2.75) is 85.7 Å². The number of rotatable bonds is 12. The molecule has 0 saturated heterocycles. The summed E-state index contributed by atoms with van der Waals surface area (Å²) in [4.78, 5) is 19.2. The summed E-state index contributed by atoms with van der Waals surface area (Å²) in [7, 11) is 1.91. The van der Waals surface area contributed by atoms with Crippen LogP contribution in [0.25, 0.3) is 0 Å². The van der Waals surface area contributed by atoms with Crippen LogP contribution in [0.3, 0.4) is 0 Å². The third-order valence-electron chi connectivity index (χ3n) is 4.95. The number of nitrogens with zero attached hydrogens (tertiary/aromatic N) is 5. The van der Waals surface area contributed by atoms with E-state index in [2.05, 4.69) is 41.6 Å². The van der Waals surface area contributed by atoms with Crippen molar-refractivity contribution in [1.82, 2.24) is 30.3 Å². The molecule has 1 atom stereocenters. The zero-order chi connectivity index (χ0) is 22.6. The molecular weight excluding hydrogens is 505 g/mol. The average Bonchev–Trinajstić information content (AvgIpc) is 3.12. The zero-order valence-corrected chi connectivity index (χ0v) is 22.9. The first-order valence-electron chi connectivity index (χ1n) is 11.4. The van der Waals surface area contributed by atoms with Crippen molar-refractivity contribution in [3.8, 4) is 0 Å². The fourth-order valence-corrected chi connectivity index (χ4v) is 3.22. The van der Waals surface area contributed by atoms with Gasteiger partial charge in [0.25, 0.3) is 0 Å². The SMILES string of the molecule is CCCCC(CC)CN=C(NCCn1cnnc1CC)N(C)CC(=O)NC(C)(C)C.I. The highest BCUT2D eigenvalue weighted by atomic mass is 127. The summed E-state index contributed by atoms with van der Waals surface area (Å²) < 4.78 is 2.05. The van der Waals surface area contributed by atoms with Gasteiger partial charge in [-0.1, -0.05) is 40.0 Å². The third-order valence-corrected chi connectivity index (χ3v) is 4.95. The average molecular weight is 550 g/mol. The lowest BCUT2D eigenvalue weighted by Crippen LogP contribution is -2.49. The molecule has 0 aliphatic heterocycles. The van der Waals surface area contributed by atoms with Crippen molar-refractivity contribution >= 4 is 35.8 Å². The Labute approximate surface area is 206 Å². The van der Waals surface area contributed by atoms with Gasteiger partial charge in [0.2, 0.25) is 5.91 Å². The number of carbonyl (C=O) groups is 1. The normalized spacial score (nSPS) is 12.8. The Morgan fingerprint density at radius 3 is 2.58 bits per heavy atom. The van der Waals surface area contributed by atoms with Gasteiger partial charge in [0.15, 0.2) is 5.96 Å². The summed E-state index contributed by atoms with van der Waals surface area (Å²) >= 11 is 0. The lowest BCUT2D eigenvalue weighted by Gasteiger charge is -2.26. The molecule has 1 heterocycles. The van der Waals surface area contributed by atoms with Crippen molar-refractivity contribution in [2.75, 3.05) is 26.7 Å². The highest BCUT2D eigenvalue weighted by Gasteiger charge is 2.17. The molecular formula is C22H44IN7O. The molecule has 180 valence electrons. The summed E-state index contributed by atoms with van der Waals surface area (Å²) in [6, 6.07) is 0. The van der Waals surface area contributed by atoms with Crippen molar-refractivity contribution in [2.24, 2.45) is 10.9 Å². The van der Waals surface area contributed by atoms with E-state index in [4.69, 9.17) is 4.99 Å². The number of likely N-dealkylation sites (N-methyl/N-ethyl adjacent to an activating group) is 1. The van der Waals surface area contributed by atoms with Gasteiger partial charge in [-0.15, -0.1) is 34.2 Å². The number of aliphatic imine (C=N–C) groups is 1. The second-order valence-electron chi connectivity index (χ2n) is 8.96. The second kappa shape index (κ2) is 15.4. The van der Waals surface area contributed by atoms with Crippen LogP contribution in [0.5, 0.6) is 0 Å². The van der Waals surface area contributed by atoms with Crippen LogP contribution in [0.4, 0.5) is 0 Å². The van der Waals surface area contributed by atoms with Crippen LogP contribution in [-0.2, 0) is 17.8 Å². The molecule has 1 aromatic rings. The quantitative estimate of drug-likeness (QED) is 0.237. The number of aromatic nitrogens is 3. The highest BCUT2D eigenvalue weighted by Crippen LogP contribution is 2.13. The van der Waals surface area contributed by atoms with Crippen molar-refractivity contribution in [1.29, 1.82) is 0 Å². The van der Waals surface area contributed by atoms with E-state index in [1.165, 1.54) is 19.3 Å². The highest BCUT2D eigenvalue weighted by molar-refractivity contribution is 14.0. The van der Waals surface area contributed by atoms with Gasteiger partial charge in [-0.2, -0.15) is 0 Å². The molecule has 8 nitrogen and oxygen atoms in total. The van der Waals surface area contributed by atoms with Crippen LogP contribution in [0.2, 0.25) is 0 Å². The number of unbranched alkanes of at least 4 members (excludes halogenated alkanes) is 1. The summed E-state index contributed by atoms with van der Waals surface area (Å²) in [6.07, 6.45) is 7.36. The number of guanidine groups is 1. The molecule has 0 bridgehead atoms. The second-order valence-corrected chi connectivity index (χ2v) is 8.96. The summed E-state index contributed by atoms with van der Waals surface area (Å²) in [5, 5.41) is 14.6. The van der Waals surface area contributed by atoms with Gasteiger partial charge in [-0.3, -0.25) is 9.79 Å².